The number of aromatic nitrogens is 3. The van der Waals surface area contributed by atoms with Gasteiger partial charge in [-0.2, -0.15) is 5.10 Å². The van der Waals surface area contributed by atoms with Crippen LogP contribution in [0.15, 0.2) is 91.4 Å². The molecule has 134 valence electrons. The summed E-state index contributed by atoms with van der Waals surface area (Å²) in [5, 5.41) is 7.55. The topological polar surface area (TPSA) is 51.9 Å². The van der Waals surface area contributed by atoms with Crippen LogP contribution >= 0.6 is 0 Å². The summed E-state index contributed by atoms with van der Waals surface area (Å²) in [4.78, 5) is 13.0. The molecule has 1 amide bonds. The van der Waals surface area contributed by atoms with Crippen molar-refractivity contribution in [2.24, 2.45) is 0 Å². The van der Waals surface area contributed by atoms with Gasteiger partial charge in [0.2, 0.25) is 0 Å². The zero-order valence-electron chi connectivity index (χ0n) is 15.0. The third-order valence-corrected chi connectivity index (χ3v) is 4.49. The number of para-hydroxylation sites is 1. The maximum absolute atomic E-state index is 13.0. The maximum Gasteiger partial charge on any atom is 0.257 e. The van der Waals surface area contributed by atoms with Crippen LogP contribution < -0.4 is 5.32 Å². The van der Waals surface area contributed by atoms with Gasteiger partial charge in [-0.15, -0.1) is 0 Å². The van der Waals surface area contributed by atoms with E-state index >= 15 is 0 Å². The molecule has 0 saturated carbocycles. The predicted octanol–water partition coefficient (Wildman–Crippen LogP) is 4.15. The molecule has 0 aliphatic rings. The van der Waals surface area contributed by atoms with Gasteiger partial charge < -0.3 is 9.88 Å². The Morgan fingerprint density at radius 2 is 1.56 bits per heavy atom. The van der Waals surface area contributed by atoms with Gasteiger partial charge in [0, 0.05) is 12.4 Å². The van der Waals surface area contributed by atoms with Crippen LogP contribution in [0.2, 0.25) is 0 Å². The van der Waals surface area contributed by atoms with Crippen molar-refractivity contribution in [3.63, 3.8) is 0 Å². The van der Waals surface area contributed by atoms with E-state index < -0.39 is 0 Å². The third-order valence-electron chi connectivity index (χ3n) is 4.49. The van der Waals surface area contributed by atoms with E-state index in [1.165, 1.54) is 0 Å². The van der Waals surface area contributed by atoms with Gasteiger partial charge in [0.15, 0.2) is 5.82 Å². The maximum atomic E-state index is 13.0. The average Bonchev–Trinajstić information content (AvgIpc) is 3.38. The first-order valence-electron chi connectivity index (χ1n) is 8.86. The summed E-state index contributed by atoms with van der Waals surface area (Å²) in [6, 6.07) is 23.5. The molecule has 0 aliphatic carbocycles. The summed E-state index contributed by atoms with van der Waals surface area (Å²) in [6.07, 6.45) is 5.44. The van der Waals surface area contributed by atoms with Crippen LogP contribution in [0.1, 0.15) is 28.9 Å². The van der Waals surface area contributed by atoms with Crippen molar-refractivity contribution < 1.29 is 4.79 Å². The van der Waals surface area contributed by atoms with Gasteiger partial charge in [0.05, 0.1) is 17.9 Å². The van der Waals surface area contributed by atoms with E-state index in [1.54, 1.807) is 10.9 Å². The summed E-state index contributed by atoms with van der Waals surface area (Å²) in [6.45, 7) is 1.98. The molecule has 2 aromatic heterocycles. The lowest BCUT2D eigenvalue weighted by Crippen LogP contribution is -2.27. The van der Waals surface area contributed by atoms with Crippen molar-refractivity contribution in [3.05, 3.63) is 103 Å². The quantitative estimate of drug-likeness (QED) is 0.584. The molecular weight excluding hydrogens is 336 g/mol. The fourth-order valence-electron chi connectivity index (χ4n) is 3.08. The van der Waals surface area contributed by atoms with Crippen molar-refractivity contribution in [1.29, 1.82) is 0 Å². The van der Waals surface area contributed by atoms with E-state index in [1.807, 2.05) is 96.7 Å². The van der Waals surface area contributed by atoms with Gasteiger partial charge in [-0.3, -0.25) is 4.79 Å². The van der Waals surface area contributed by atoms with E-state index in [0.29, 0.717) is 11.4 Å². The van der Waals surface area contributed by atoms with Crippen molar-refractivity contribution >= 4 is 5.91 Å². The fraction of sp³-hybridized carbons (Fsp3) is 0.0909. The second-order valence-corrected chi connectivity index (χ2v) is 6.33. The minimum atomic E-state index is -0.155. The van der Waals surface area contributed by atoms with Crippen LogP contribution in [-0.2, 0) is 0 Å². The molecule has 0 saturated heterocycles. The lowest BCUT2D eigenvalue weighted by molar-refractivity contribution is 0.0940. The largest absolute Gasteiger partial charge is 0.345 e. The molecule has 0 radical (unpaired) electrons. The minimum absolute atomic E-state index is 0.101. The smallest absolute Gasteiger partial charge is 0.257 e. The van der Waals surface area contributed by atoms with Crippen LogP contribution in [-0.4, -0.2) is 20.3 Å². The monoisotopic (exact) mass is 356 g/mol. The number of carbonyl (C=O) groups excluding carboxylic acids is 1. The normalized spacial score (nSPS) is 11.9. The van der Waals surface area contributed by atoms with E-state index in [4.69, 9.17) is 0 Å². The van der Waals surface area contributed by atoms with Crippen LogP contribution in [0.5, 0.6) is 0 Å². The number of nitrogens with one attached hydrogen (secondary N) is 1. The number of nitrogens with zero attached hydrogens (tertiary/aromatic N) is 3. The number of amides is 1. The summed E-state index contributed by atoms with van der Waals surface area (Å²) in [7, 11) is 0. The first-order valence-corrected chi connectivity index (χ1v) is 8.86. The van der Waals surface area contributed by atoms with Crippen molar-refractivity contribution in [1.82, 2.24) is 19.7 Å². The zero-order chi connectivity index (χ0) is 18.6. The molecular formula is C22H20N4O. The van der Waals surface area contributed by atoms with Crippen LogP contribution in [0.4, 0.5) is 0 Å². The zero-order valence-corrected chi connectivity index (χ0v) is 15.0. The lowest BCUT2D eigenvalue weighted by Gasteiger charge is -2.15. The van der Waals surface area contributed by atoms with Crippen LogP contribution in [0.3, 0.4) is 0 Å². The molecule has 0 unspecified atom stereocenters. The van der Waals surface area contributed by atoms with Gasteiger partial charge in [-0.1, -0.05) is 48.5 Å². The average molecular weight is 356 g/mol. The molecule has 27 heavy (non-hydrogen) atoms. The number of hydrogen-bond donors (Lipinski definition) is 1. The predicted molar refractivity (Wildman–Crippen MR) is 105 cm³/mol. The second-order valence-electron chi connectivity index (χ2n) is 6.33. The van der Waals surface area contributed by atoms with Crippen LogP contribution in [0.25, 0.3) is 11.5 Å². The molecule has 5 nitrogen and oxygen atoms in total. The Labute approximate surface area is 157 Å². The second kappa shape index (κ2) is 7.33. The van der Waals surface area contributed by atoms with Gasteiger partial charge in [-0.25, -0.2) is 4.68 Å². The Bertz CT molecular complexity index is 1020. The standard InChI is InChI=1S/C22H20N4O/c1-17(18-10-4-2-5-11-18)24-21(27)20-16-23-26(19-12-6-3-7-13-19)22(20)25-14-8-9-15-25/h2-17H,1H3,(H,24,27)/t17-/m0/s1. The van der Waals surface area contributed by atoms with Gasteiger partial charge >= 0.3 is 0 Å². The Morgan fingerprint density at radius 3 is 2.22 bits per heavy atom. The molecule has 2 heterocycles. The summed E-state index contributed by atoms with van der Waals surface area (Å²) < 4.78 is 3.68. The van der Waals surface area contributed by atoms with Gasteiger partial charge in [0.1, 0.15) is 5.56 Å². The molecule has 0 aliphatic heterocycles. The highest BCUT2D eigenvalue weighted by molar-refractivity contribution is 5.97. The SMILES string of the molecule is C[C@H](NC(=O)c1cnn(-c2ccccc2)c1-n1cccc1)c1ccccc1. The number of benzene rings is 2. The highest BCUT2D eigenvalue weighted by atomic mass is 16.1. The fourth-order valence-corrected chi connectivity index (χ4v) is 3.08. The van der Waals surface area contributed by atoms with E-state index in [-0.39, 0.29) is 11.9 Å². The Hall–Kier alpha value is -3.60. The molecule has 1 atom stereocenters. The van der Waals surface area contributed by atoms with Gasteiger partial charge in [-0.05, 0) is 36.8 Å². The van der Waals surface area contributed by atoms with Crippen LogP contribution in [0, 0.1) is 0 Å². The summed E-state index contributed by atoms with van der Waals surface area (Å²) in [5.74, 6) is 0.557. The Balaban J connectivity index is 1.71. The van der Waals surface area contributed by atoms with Crippen molar-refractivity contribution in [2.75, 3.05) is 0 Å². The minimum Gasteiger partial charge on any atom is -0.345 e. The lowest BCUT2D eigenvalue weighted by atomic mass is 10.1. The summed E-state index contributed by atoms with van der Waals surface area (Å²) in [5.41, 5.74) is 2.48. The summed E-state index contributed by atoms with van der Waals surface area (Å²) >= 11 is 0. The Kier molecular flexibility index (Phi) is 4.58. The molecule has 2 aromatic carbocycles. The highest BCUT2D eigenvalue weighted by Gasteiger charge is 2.21. The first kappa shape index (κ1) is 16.8. The number of hydrogen-bond acceptors (Lipinski definition) is 2. The molecule has 0 bridgehead atoms. The molecule has 0 fully saturated rings. The molecule has 4 rings (SSSR count). The van der Waals surface area contributed by atoms with Gasteiger partial charge in [0.25, 0.3) is 5.91 Å². The number of carbonyl (C=O) groups is 1. The first-order chi connectivity index (χ1) is 13.2. The van der Waals surface area contributed by atoms with Crippen molar-refractivity contribution in [2.45, 2.75) is 13.0 Å². The van der Waals surface area contributed by atoms with E-state index in [9.17, 15) is 4.79 Å². The highest BCUT2D eigenvalue weighted by Crippen LogP contribution is 2.21. The number of rotatable bonds is 5. The Morgan fingerprint density at radius 1 is 0.926 bits per heavy atom. The molecule has 5 heteroatoms. The molecule has 4 aromatic rings. The molecule has 0 spiro atoms. The van der Waals surface area contributed by atoms with E-state index in [2.05, 4.69) is 10.4 Å². The third kappa shape index (κ3) is 3.40. The van der Waals surface area contributed by atoms with E-state index in [0.717, 1.165) is 11.3 Å². The van der Waals surface area contributed by atoms with Crippen molar-refractivity contribution in [3.8, 4) is 11.5 Å². The molecule has 1 N–H and O–H groups in total.